The van der Waals surface area contributed by atoms with Crippen LogP contribution < -0.4 is 25.5 Å². The first kappa shape index (κ1) is 54.4. The van der Waals surface area contributed by atoms with Crippen LogP contribution in [-0.4, -0.2) is 136 Å². The molecule has 0 saturated carbocycles. The average molecular weight is 1020 g/mol. The Morgan fingerprint density at radius 1 is 0.878 bits per heavy atom. The van der Waals surface area contributed by atoms with E-state index in [4.69, 9.17) is 33.7 Å². The van der Waals surface area contributed by atoms with E-state index >= 15 is 0 Å². The monoisotopic (exact) mass is 1020 g/mol. The topological polar surface area (TPSA) is 222 Å². The van der Waals surface area contributed by atoms with E-state index in [0.29, 0.717) is 44.9 Å². The lowest BCUT2D eigenvalue weighted by molar-refractivity contribution is -0.165. The van der Waals surface area contributed by atoms with Crippen molar-refractivity contribution in [1.29, 1.82) is 0 Å². The van der Waals surface area contributed by atoms with Crippen LogP contribution in [0.15, 0.2) is 76.5 Å². The van der Waals surface area contributed by atoms with Crippen molar-refractivity contribution in [3.05, 3.63) is 88.3 Å². The summed E-state index contributed by atoms with van der Waals surface area (Å²) >= 11 is 0. The third-order valence-corrected chi connectivity index (χ3v) is 15.8. The number of hydrogen-bond acceptors (Lipinski definition) is 16. The number of ether oxygens (including phenoxy) is 5. The van der Waals surface area contributed by atoms with Crippen molar-refractivity contribution in [2.24, 2.45) is 39.6 Å². The van der Waals surface area contributed by atoms with Crippen LogP contribution >= 0.6 is 0 Å². The van der Waals surface area contributed by atoms with Gasteiger partial charge in [0.1, 0.15) is 40.5 Å². The van der Waals surface area contributed by atoms with Crippen LogP contribution in [-0.2, 0) is 23.8 Å². The van der Waals surface area contributed by atoms with Crippen LogP contribution in [0.4, 0.5) is 5.69 Å². The molecule has 3 aromatic carbocycles. The molecule has 1 amide bonds. The molecule has 0 unspecified atom stereocenters. The normalized spacial score (nSPS) is 30.7. The number of carbonyl (C=O) groups is 3. The number of rotatable bonds is 8. The summed E-state index contributed by atoms with van der Waals surface area (Å²) in [6, 6.07) is 9.65. The van der Waals surface area contributed by atoms with E-state index in [1.807, 2.05) is 42.2 Å². The van der Waals surface area contributed by atoms with Gasteiger partial charge in [-0.2, -0.15) is 0 Å². The van der Waals surface area contributed by atoms with Crippen molar-refractivity contribution in [1.82, 2.24) is 9.80 Å². The van der Waals surface area contributed by atoms with Gasteiger partial charge in [-0.15, -0.1) is 0 Å². The number of carbonyl (C=O) groups excluding carboxylic acids is 3. The van der Waals surface area contributed by atoms with Crippen LogP contribution in [0.25, 0.3) is 10.8 Å². The summed E-state index contributed by atoms with van der Waals surface area (Å²) in [6.07, 6.45) is 6.37. The third kappa shape index (κ3) is 10.9. The Morgan fingerprint density at radius 2 is 1.55 bits per heavy atom. The van der Waals surface area contributed by atoms with Gasteiger partial charge in [0.15, 0.2) is 11.4 Å². The summed E-state index contributed by atoms with van der Waals surface area (Å²) in [5, 5.41) is 51.2. The fraction of sp³-hybridized carbons (Fsp3) is 0.561. The molecule has 5 bridgehead atoms. The number of para-hydroxylation sites is 1. The Hall–Kier alpha value is -5.85. The van der Waals surface area contributed by atoms with Crippen molar-refractivity contribution < 1.29 is 58.5 Å². The van der Waals surface area contributed by atoms with Gasteiger partial charge in [0.05, 0.1) is 47.4 Å². The Balaban J connectivity index is 1.15. The smallest absolute Gasteiger partial charge is 0.320 e. The van der Waals surface area contributed by atoms with Crippen molar-refractivity contribution in [3.8, 4) is 23.0 Å². The molecule has 5 N–H and O–H groups in total. The van der Waals surface area contributed by atoms with E-state index in [0.717, 1.165) is 25.1 Å². The molecule has 17 heteroatoms. The van der Waals surface area contributed by atoms with Gasteiger partial charge in [0.25, 0.3) is 11.7 Å². The molecule has 1 spiro atoms. The number of phenols is 2. The number of anilines is 1. The second-order valence-electron chi connectivity index (χ2n) is 21.7. The van der Waals surface area contributed by atoms with E-state index in [2.05, 4.69) is 24.1 Å². The number of likely N-dealkylation sites (tertiary alicyclic amines) is 2. The van der Waals surface area contributed by atoms with Gasteiger partial charge in [0, 0.05) is 99.8 Å². The largest absolute Gasteiger partial charge is 0.507 e. The van der Waals surface area contributed by atoms with E-state index < -0.39 is 82.9 Å². The number of nitrogens with zero attached hydrogens (tertiary/aromatic N) is 4. The molecule has 74 heavy (non-hydrogen) atoms. The number of aromatic hydroxyl groups is 2. The number of methoxy groups -OCH3 is 1. The highest BCUT2D eigenvalue weighted by molar-refractivity contribution is 6.19. The minimum atomic E-state index is -1.99. The molecule has 0 radical (unpaired) electrons. The first-order valence-corrected chi connectivity index (χ1v) is 26.2. The molecular weight excluding hydrogens is 947 g/mol. The average Bonchev–Trinajstić information content (AvgIpc) is 3.88. The quantitative estimate of drug-likeness (QED) is 0.124. The maximum Gasteiger partial charge on any atom is 0.320 e. The van der Waals surface area contributed by atoms with Crippen molar-refractivity contribution in [2.45, 2.75) is 130 Å². The van der Waals surface area contributed by atoms with Gasteiger partial charge in [-0.3, -0.25) is 29.3 Å². The van der Waals surface area contributed by atoms with Gasteiger partial charge in [-0.05, 0) is 50.8 Å². The molecule has 0 aliphatic carbocycles. The molecule has 0 aromatic heterocycles. The summed E-state index contributed by atoms with van der Waals surface area (Å²) in [5.41, 5.74) is -0.605. The standard InChI is InChI=1S/C57H75N5O12/c1-31(2)29-62-26-22-57(23-27-62)59-45-42-43-50(66)37(8)53-44(42)54(68)56(9,74-53)71-28-21-40(70-10)34(5)52(73-41(63)30-61-24-19-39(20-25-61)72-38-17-12-11-13-18-38)36(7)49(65)35(6)48(64)32(3)15-14-16-33(4)55(69)58-47(51(43)67)46(45)60-57/h11-18,21,28,31-32,34-36,39-40,48-49,52,64-67H,19-20,22-27,29-30H2,1-10H3,(H,58,69)/b15-14+,28-21+,33-16-/t32-,34+,35+,36+,40-,48-,49+,52+,56-/m0/s1. The van der Waals surface area contributed by atoms with Crippen molar-refractivity contribution in [3.63, 3.8) is 0 Å². The van der Waals surface area contributed by atoms with Gasteiger partial charge < -0.3 is 54.3 Å². The molecule has 2 fully saturated rings. The highest BCUT2D eigenvalue weighted by Crippen LogP contribution is 2.50. The zero-order chi connectivity index (χ0) is 53.4. The zero-order valence-corrected chi connectivity index (χ0v) is 44.5. The number of amides is 1. The number of Topliss-reactive ketones (excluding diaryl/α,β-unsaturated/α-hetero) is 1. The Bertz CT molecular complexity index is 2820. The zero-order valence-electron chi connectivity index (χ0n) is 44.5. The van der Waals surface area contributed by atoms with E-state index in [1.54, 1.807) is 58.9 Å². The van der Waals surface area contributed by atoms with E-state index in [-0.39, 0.29) is 68.0 Å². The van der Waals surface area contributed by atoms with Crippen LogP contribution in [0, 0.1) is 36.5 Å². The Labute approximate surface area is 433 Å². The summed E-state index contributed by atoms with van der Waals surface area (Å²) in [5.74, 6) is -5.81. The molecule has 9 rings (SSSR count). The maximum absolute atomic E-state index is 15.0. The maximum atomic E-state index is 15.0. The number of benzene rings is 3. The highest BCUT2D eigenvalue weighted by Gasteiger charge is 2.50. The molecule has 17 nitrogen and oxygen atoms in total. The van der Waals surface area contributed by atoms with E-state index in [1.165, 1.54) is 20.3 Å². The number of piperidine rings is 2. The molecule has 2 saturated heterocycles. The number of aliphatic hydroxyl groups is 2. The number of esters is 1. The number of nitrogens with one attached hydrogen (secondary N) is 1. The summed E-state index contributed by atoms with van der Waals surface area (Å²) in [4.78, 5) is 57.8. The molecular formula is C57H75N5O12. The summed E-state index contributed by atoms with van der Waals surface area (Å²) in [6.45, 7) is 19.6. The lowest BCUT2D eigenvalue weighted by Gasteiger charge is -2.38. The van der Waals surface area contributed by atoms with E-state index in [9.17, 15) is 34.8 Å². The number of fused-ring (bicyclic) bond motifs is 13. The first-order valence-electron chi connectivity index (χ1n) is 26.2. The lowest BCUT2D eigenvalue weighted by Crippen LogP contribution is -2.48. The lowest BCUT2D eigenvalue weighted by atomic mass is 9.78. The fourth-order valence-corrected chi connectivity index (χ4v) is 11.3. The van der Waals surface area contributed by atoms with Gasteiger partial charge >= 0.3 is 11.8 Å². The van der Waals surface area contributed by atoms with Gasteiger partial charge in [-0.1, -0.05) is 78.0 Å². The Morgan fingerprint density at radius 3 is 2.22 bits per heavy atom. The van der Waals surface area contributed by atoms with Crippen LogP contribution in [0.2, 0.25) is 0 Å². The molecule has 6 aliphatic heterocycles. The van der Waals surface area contributed by atoms with Crippen LogP contribution in [0.1, 0.15) is 97.0 Å². The minimum absolute atomic E-state index is 0.00916. The van der Waals surface area contributed by atoms with Crippen LogP contribution in [0.5, 0.6) is 23.0 Å². The molecule has 3 aromatic rings. The first-order chi connectivity index (χ1) is 35.2. The predicted octanol–water partition coefficient (Wildman–Crippen LogP) is 6.27. The predicted molar refractivity (Wildman–Crippen MR) is 279 cm³/mol. The Kier molecular flexibility index (Phi) is 16.3. The minimum Gasteiger partial charge on any atom is -0.507 e. The summed E-state index contributed by atoms with van der Waals surface area (Å²) < 4.78 is 31.1. The number of aliphatic hydroxyl groups excluding tert-OH is 2. The molecule has 6 heterocycles. The van der Waals surface area contributed by atoms with Gasteiger partial charge in [-0.25, -0.2) is 0 Å². The SMILES string of the molecule is CO[C@H]1/C=C/O[C@@]2(C)Oc3c(C)c(O)c4c(O)c(c5c(c4c3C2=O)=NC2(CCN(CC(C)C)CC2)N=5)NC(=O)/C(C)=C\C=C\[C@H](C)[C@H](O)[C@@H](C)[C@@H](O)[C@@H](C)[C@H](OC(=O)CN2CCC(Oc3ccccc3)CC2)[C@@H]1C. The molecule has 400 valence electrons. The van der Waals surface area contributed by atoms with Gasteiger partial charge in [0.2, 0.25) is 0 Å². The summed E-state index contributed by atoms with van der Waals surface area (Å²) in [7, 11) is 1.49. The number of hydrogen-bond donors (Lipinski definition) is 5. The number of phenolic OH excluding ortho intramolecular Hbond substituents is 2. The van der Waals surface area contributed by atoms with Crippen molar-refractivity contribution >= 4 is 34.1 Å². The van der Waals surface area contributed by atoms with Crippen molar-refractivity contribution in [2.75, 3.05) is 51.7 Å². The molecule has 6 aliphatic rings. The second kappa shape index (κ2) is 22.2. The number of allylic oxidation sites excluding steroid dienone is 2. The highest BCUT2D eigenvalue weighted by atomic mass is 16.7. The third-order valence-electron chi connectivity index (χ3n) is 15.8. The second-order valence-corrected chi connectivity index (χ2v) is 21.7. The van der Waals surface area contributed by atoms with Crippen LogP contribution in [0.3, 0.4) is 0 Å². The molecule has 9 atom stereocenters. The number of ketones is 1. The fourth-order valence-electron chi connectivity index (χ4n) is 11.3.